The summed E-state index contributed by atoms with van der Waals surface area (Å²) in [7, 11) is 0. The Morgan fingerprint density at radius 3 is 2.32 bits per heavy atom. The first-order valence-electron chi connectivity index (χ1n) is 6.80. The van der Waals surface area contributed by atoms with Gasteiger partial charge in [-0.3, -0.25) is 10.1 Å². The van der Waals surface area contributed by atoms with E-state index < -0.39 is 29.9 Å². The molecule has 0 spiro atoms. The smallest absolute Gasteiger partial charge is 0.416 e. The first-order chi connectivity index (χ1) is 10.0. The minimum atomic E-state index is -4.42. The topological polar surface area (TPSA) is 69.6 Å². The predicted octanol–water partition coefficient (Wildman–Crippen LogP) is 2.75. The lowest BCUT2D eigenvalue weighted by atomic mass is 9.94. The maximum Gasteiger partial charge on any atom is 0.416 e. The summed E-state index contributed by atoms with van der Waals surface area (Å²) in [6, 6.07) is 3.73. The van der Waals surface area contributed by atoms with Crippen molar-refractivity contribution in [1.29, 1.82) is 0 Å². The second-order valence-corrected chi connectivity index (χ2v) is 5.72. The van der Waals surface area contributed by atoms with Gasteiger partial charge in [0.25, 0.3) is 0 Å². The van der Waals surface area contributed by atoms with Gasteiger partial charge in [0.1, 0.15) is 5.54 Å². The first kappa shape index (κ1) is 18.4. The van der Waals surface area contributed by atoms with Crippen LogP contribution < -0.4 is 5.32 Å². The van der Waals surface area contributed by atoms with Gasteiger partial charge in [0.2, 0.25) is 0 Å². The van der Waals surface area contributed by atoms with E-state index in [1.807, 2.05) is 0 Å². The number of hydrogen-bond donors (Lipinski definition) is 3. The highest BCUT2D eigenvalue weighted by molar-refractivity contribution is 5.78. The number of halogens is 3. The van der Waals surface area contributed by atoms with Crippen LogP contribution >= 0.6 is 0 Å². The van der Waals surface area contributed by atoms with E-state index in [4.69, 9.17) is 10.2 Å². The monoisotopic (exact) mass is 319 g/mol. The third kappa shape index (κ3) is 4.20. The lowest BCUT2D eigenvalue weighted by molar-refractivity contribution is -0.146. The van der Waals surface area contributed by atoms with Crippen molar-refractivity contribution in [3.63, 3.8) is 0 Å². The quantitative estimate of drug-likeness (QED) is 0.754. The lowest BCUT2D eigenvalue weighted by Gasteiger charge is -2.24. The number of alkyl halides is 3. The molecule has 0 radical (unpaired) electrons. The van der Waals surface area contributed by atoms with Crippen LogP contribution in [-0.2, 0) is 17.5 Å². The molecule has 0 bridgehead atoms. The summed E-state index contributed by atoms with van der Waals surface area (Å²) in [5.41, 5.74) is -1.54. The van der Waals surface area contributed by atoms with Crippen molar-refractivity contribution in [2.75, 3.05) is 6.61 Å². The summed E-state index contributed by atoms with van der Waals surface area (Å²) < 4.78 is 38.8. The third-order valence-electron chi connectivity index (χ3n) is 3.51. The molecule has 0 aliphatic carbocycles. The zero-order valence-electron chi connectivity index (χ0n) is 12.7. The molecule has 0 fully saturated rings. The number of carboxylic acids is 1. The van der Waals surface area contributed by atoms with Crippen LogP contribution in [0.2, 0.25) is 0 Å². The van der Waals surface area contributed by atoms with Crippen molar-refractivity contribution in [1.82, 2.24) is 5.32 Å². The Balaban J connectivity index is 3.04. The number of carboxylic acid groups (broad SMARTS) is 1. The minimum Gasteiger partial charge on any atom is -0.480 e. The Bertz CT molecular complexity index is 543. The van der Waals surface area contributed by atoms with Gasteiger partial charge in [0.05, 0.1) is 12.2 Å². The molecule has 0 aliphatic heterocycles. The maximum absolute atomic E-state index is 12.9. The van der Waals surface area contributed by atoms with Gasteiger partial charge in [0, 0.05) is 6.54 Å². The molecule has 124 valence electrons. The van der Waals surface area contributed by atoms with E-state index in [0.717, 1.165) is 6.07 Å². The molecule has 4 nitrogen and oxygen atoms in total. The third-order valence-corrected chi connectivity index (χ3v) is 3.51. The van der Waals surface area contributed by atoms with Gasteiger partial charge in [-0.2, -0.15) is 13.2 Å². The van der Waals surface area contributed by atoms with Crippen molar-refractivity contribution >= 4 is 5.97 Å². The van der Waals surface area contributed by atoms with E-state index in [9.17, 15) is 18.0 Å². The van der Waals surface area contributed by atoms with Crippen LogP contribution in [0.15, 0.2) is 18.2 Å². The average Bonchev–Trinajstić information content (AvgIpc) is 2.43. The van der Waals surface area contributed by atoms with Gasteiger partial charge in [-0.05, 0) is 30.0 Å². The van der Waals surface area contributed by atoms with Gasteiger partial charge in [-0.15, -0.1) is 0 Å². The summed E-state index contributed by atoms with van der Waals surface area (Å²) in [6.45, 7) is 4.05. The largest absolute Gasteiger partial charge is 0.480 e. The Morgan fingerprint density at radius 2 is 1.91 bits per heavy atom. The number of aliphatic carboxylic acids is 1. The van der Waals surface area contributed by atoms with Gasteiger partial charge >= 0.3 is 12.1 Å². The second-order valence-electron chi connectivity index (χ2n) is 5.72. The number of aliphatic hydroxyl groups is 1. The molecule has 1 aromatic rings. The molecule has 0 heterocycles. The molecule has 7 heteroatoms. The van der Waals surface area contributed by atoms with Crippen molar-refractivity contribution in [3.8, 4) is 0 Å². The number of benzene rings is 1. The maximum atomic E-state index is 12.9. The number of aliphatic hydroxyl groups excluding tert-OH is 1. The van der Waals surface area contributed by atoms with Crippen LogP contribution in [0.4, 0.5) is 13.2 Å². The molecular weight excluding hydrogens is 299 g/mol. The van der Waals surface area contributed by atoms with Crippen LogP contribution in [0, 0.1) is 0 Å². The highest BCUT2D eigenvalue weighted by Crippen LogP contribution is 2.35. The fraction of sp³-hybridized carbons (Fsp3) is 0.533. The number of nitrogens with one attached hydrogen (secondary N) is 1. The highest BCUT2D eigenvalue weighted by atomic mass is 19.4. The SMILES string of the molecule is CC(C)c1cc(CNC(C)(CO)C(=O)O)ccc1C(F)(F)F. The van der Waals surface area contributed by atoms with Gasteiger partial charge < -0.3 is 10.2 Å². The molecule has 0 aliphatic rings. The molecule has 1 atom stereocenters. The van der Waals surface area contributed by atoms with E-state index in [0.29, 0.717) is 5.56 Å². The summed E-state index contributed by atoms with van der Waals surface area (Å²) in [5, 5.41) is 20.8. The molecule has 0 saturated heterocycles. The van der Waals surface area contributed by atoms with Crippen LogP contribution in [0.1, 0.15) is 43.4 Å². The normalized spacial score (nSPS) is 14.9. The highest BCUT2D eigenvalue weighted by Gasteiger charge is 2.34. The Morgan fingerprint density at radius 1 is 1.32 bits per heavy atom. The van der Waals surface area contributed by atoms with Crippen LogP contribution in [-0.4, -0.2) is 28.3 Å². The standard InChI is InChI=1S/C15H20F3NO3/c1-9(2)11-6-10(4-5-12(11)15(16,17)18)7-19-14(3,8-20)13(21)22/h4-6,9,19-20H,7-8H2,1-3H3,(H,21,22). The molecule has 3 N–H and O–H groups in total. The molecule has 0 aromatic heterocycles. The van der Waals surface area contributed by atoms with E-state index in [2.05, 4.69) is 5.32 Å². The lowest BCUT2D eigenvalue weighted by Crippen LogP contribution is -2.52. The predicted molar refractivity (Wildman–Crippen MR) is 75.5 cm³/mol. The zero-order valence-corrected chi connectivity index (χ0v) is 12.7. The summed E-state index contributed by atoms with van der Waals surface area (Å²) in [6.07, 6.45) is -4.42. The van der Waals surface area contributed by atoms with Crippen LogP contribution in [0.3, 0.4) is 0 Å². The number of hydrogen-bond acceptors (Lipinski definition) is 3. The van der Waals surface area contributed by atoms with Crippen molar-refractivity contribution in [2.45, 2.75) is 44.9 Å². The average molecular weight is 319 g/mol. The Labute approximate surface area is 127 Å². The molecular formula is C15H20F3NO3. The Kier molecular flexibility index (Phi) is 5.59. The van der Waals surface area contributed by atoms with E-state index in [1.165, 1.54) is 19.1 Å². The van der Waals surface area contributed by atoms with E-state index >= 15 is 0 Å². The Hall–Kier alpha value is -1.60. The van der Waals surface area contributed by atoms with E-state index in [-0.39, 0.29) is 18.0 Å². The summed E-state index contributed by atoms with van der Waals surface area (Å²) in [4.78, 5) is 11.1. The minimum absolute atomic E-state index is 0.0429. The van der Waals surface area contributed by atoms with Crippen molar-refractivity contribution in [3.05, 3.63) is 34.9 Å². The van der Waals surface area contributed by atoms with Crippen molar-refractivity contribution < 1.29 is 28.2 Å². The van der Waals surface area contributed by atoms with Crippen LogP contribution in [0.5, 0.6) is 0 Å². The number of rotatable bonds is 6. The van der Waals surface area contributed by atoms with Gasteiger partial charge in [-0.1, -0.05) is 26.0 Å². The number of carbonyl (C=O) groups is 1. The van der Waals surface area contributed by atoms with Gasteiger partial charge in [-0.25, -0.2) is 0 Å². The van der Waals surface area contributed by atoms with Crippen LogP contribution in [0.25, 0.3) is 0 Å². The molecule has 22 heavy (non-hydrogen) atoms. The van der Waals surface area contributed by atoms with Gasteiger partial charge in [0.15, 0.2) is 0 Å². The molecule has 1 unspecified atom stereocenters. The zero-order chi connectivity index (χ0) is 17.1. The molecule has 0 saturated carbocycles. The van der Waals surface area contributed by atoms with E-state index in [1.54, 1.807) is 13.8 Å². The summed E-state index contributed by atoms with van der Waals surface area (Å²) in [5.74, 6) is -1.55. The molecule has 1 rings (SSSR count). The molecule has 1 aromatic carbocycles. The molecule has 0 amide bonds. The fourth-order valence-electron chi connectivity index (χ4n) is 1.95. The first-order valence-corrected chi connectivity index (χ1v) is 6.80. The fourth-order valence-corrected chi connectivity index (χ4v) is 1.95. The second kappa shape index (κ2) is 6.66. The van der Waals surface area contributed by atoms with Crippen molar-refractivity contribution in [2.24, 2.45) is 0 Å². The summed E-state index contributed by atoms with van der Waals surface area (Å²) >= 11 is 0.